The molecule has 0 aliphatic heterocycles. The Morgan fingerprint density at radius 1 is 0.305 bits per heavy atom. The first-order valence-electron chi connectivity index (χ1n) is 39.4. The number of carbonyl (C=O) groups is 4. The lowest BCUT2D eigenvalue weighted by Gasteiger charge is -2.21. The lowest BCUT2D eigenvalue weighted by molar-refractivity contribution is -0.161. The van der Waals surface area contributed by atoms with Crippen LogP contribution in [0.4, 0.5) is 0 Å². The number of ether oxygens (including phenoxy) is 4. The van der Waals surface area contributed by atoms with Gasteiger partial charge in [0.05, 0.1) is 26.4 Å². The lowest BCUT2D eigenvalue weighted by atomic mass is 9.99. The quantitative estimate of drug-likeness (QED) is 0.0222. The van der Waals surface area contributed by atoms with Crippen LogP contribution in [0.15, 0.2) is 0 Å². The highest BCUT2D eigenvalue weighted by Crippen LogP contribution is 2.45. The van der Waals surface area contributed by atoms with Crippen LogP contribution in [0.25, 0.3) is 0 Å². The van der Waals surface area contributed by atoms with Crippen molar-refractivity contribution in [2.24, 2.45) is 17.8 Å². The van der Waals surface area contributed by atoms with Crippen molar-refractivity contribution in [1.82, 2.24) is 0 Å². The van der Waals surface area contributed by atoms with Crippen LogP contribution in [0.2, 0.25) is 0 Å². The molecule has 0 aromatic heterocycles. The lowest BCUT2D eigenvalue weighted by Crippen LogP contribution is -2.30. The van der Waals surface area contributed by atoms with Gasteiger partial charge in [-0.2, -0.15) is 0 Å². The van der Waals surface area contributed by atoms with E-state index in [-0.39, 0.29) is 25.7 Å². The van der Waals surface area contributed by atoms with Gasteiger partial charge in [0.15, 0.2) is 12.2 Å². The van der Waals surface area contributed by atoms with E-state index in [0.717, 1.165) is 108 Å². The number of hydrogen-bond donors (Lipinski definition) is 3. The summed E-state index contributed by atoms with van der Waals surface area (Å²) >= 11 is 0. The Morgan fingerprint density at radius 3 is 0.800 bits per heavy atom. The van der Waals surface area contributed by atoms with Gasteiger partial charge in [0.1, 0.15) is 19.3 Å². The maximum atomic E-state index is 13.1. The minimum Gasteiger partial charge on any atom is -0.462 e. The topological polar surface area (TPSA) is 237 Å². The van der Waals surface area contributed by atoms with Crippen LogP contribution in [-0.2, 0) is 65.4 Å². The zero-order chi connectivity index (χ0) is 70.1. The van der Waals surface area contributed by atoms with Gasteiger partial charge in [0.25, 0.3) is 0 Å². The highest BCUT2D eigenvalue weighted by Gasteiger charge is 2.30. The maximum Gasteiger partial charge on any atom is 0.472 e. The number of esters is 4. The molecule has 19 heteroatoms. The summed E-state index contributed by atoms with van der Waals surface area (Å²) in [5, 5.41) is 10.6. The first-order chi connectivity index (χ1) is 45.8. The van der Waals surface area contributed by atoms with Crippen molar-refractivity contribution in [2.45, 2.75) is 407 Å². The molecule has 0 radical (unpaired) electrons. The molecular weight excluding hydrogens is 1250 g/mol. The fourth-order valence-electron chi connectivity index (χ4n) is 11.5. The van der Waals surface area contributed by atoms with Gasteiger partial charge in [-0.15, -0.1) is 0 Å². The zero-order valence-corrected chi connectivity index (χ0v) is 63.9. The number of unbranched alkanes of at least 4 members (excludes halogenated alkanes) is 40. The van der Waals surface area contributed by atoms with Crippen molar-refractivity contribution < 1.29 is 80.2 Å². The van der Waals surface area contributed by atoms with Gasteiger partial charge in [-0.05, 0) is 43.4 Å². The summed E-state index contributed by atoms with van der Waals surface area (Å²) in [6, 6.07) is 0. The predicted molar refractivity (Wildman–Crippen MR) is 386 cm³/mol. The van der Waals surface area contributed by atoms with E-state index in [4.69, 9.17) is 37.0 Å². The van der Waals surface area contributed by atoms with Crippen LogP contribution in [0.1, 0.15) is 389 Å². The molecule has 564 valence electrons. The highest BCUT2D eigenvalue weighted by atomic mass is 31.2. The van der Waals surface area contributed by atoms with E-state index in [1.54, 1.807) is 0 Å². The van der Waals surface area contributed by atoms with E-state index in [0.29, 0.717) is 25.7 Å². The minimum atomic E-state index is -4.96. The molecule has 0 saturated heterocycles. The van der Waals surface area contributed by atoms with Gasteiger partial charge in [-0.25, -0.2) is 9.13 Å². The molecule has 0 bridgehead atoms. The van der Waals surface area contributed by atoms with Crippen molar-refractivity contribution in [3.05, 3.63) is 0 Å². The van der Waals surface area contributed by atoms with Crippen LogP contribution in [0, 0.1) is 17.8 Å². The number of aliphatic hydroxyl groups is 1. The van der Waals surface area contributed by atoms with Crippen molar-refractivity contribution in [3.8, 4) is 0 Å². The van der Waals surface area contributed by atoms with E-state index < -0.39 is 97.5 Å². The fraction of sp³-hybridized carbons (Fsp3) is 0.947. The molecule has 0 aromatic rings. The second kappa shape index (κ2) is 66.6. The molecule has 3 N–H and O–H groups in total. The fourth-order valence-corrected chi connectivity index (χ4v) is 13.1. The summed E-state index contributed by atoms with van der Waals surface area (Å²) in [6.45, 7) is 11.9. The van der Waals surface area contributed by atoms with Crippen molar-refractivity contribution in [2.75, 3.05) is 39.6 Å². The number of phosphoric ester groups is 2. The summed E-state index contributed by atoms with van der Waals surface area (Å²) in [6.07, 6.45) is 52.5. The average molecular weight is 1400 g/mol. The van der Waals surface area contributed by atoms with Gasteiger partial charge < -0.3 is 33.8 Å². The van der Waals surface area contributed by atoms with Crippen LogP contribution >= 0.6 is 15.6 Å². The molecule has 7 atom stereocenters. The molecule has 4 unspecified atom stereocenters. The monoisotopic (exact) mass is 1400 g/mol. The smallest absolute Gasteiger partial charge is 0.462 e. The summed E-state index contributed by atoms with van der Waals surface area (Å²) in [7, 11) is -9.91. The third kappa shape index (κ3) is 67.6. The SMILES string of the molecule is CCCCCCCCCCCCCC(=O)OC[C@H](COP(=O)(O)OC[C@H](O)COP(=O)(O)OC[C@@H](COC(=O)CCCCCCCCCCCCC(C)CC)OC(=O)CCCCCCCCCCCCCCCCCC(C)C)OC(=O)CCCCCCCCCCC(C)CC. The first-order valence-corrected chi connectivity index (χ1v) is 42.4. The zero-order valence-electron chi connectivity index (χ0n) is 62.1. The molecule has 17 nitrogen and oxygen atoms in total. The average Bonchev–Trinajstić information content (AvgIpc) is 1.50. The van der Waals surface area contributed by atoms with E-state index in [1.807, 2.05) is 0 Å². The maximum absolute atomic E-state index is 13.1. The standard InChI is InChI=1S/C76H148O17P2/c1-8-11-12-13-14-15-21-28-36-43-50-57-73(78)86-64-72(93-76(81)60-53-46-39-32-31-35-42-49-56-69(7)10-3)66-91-95(84,85)89-62-70(77)61-88-94(82,83)90-65-71(63-87-74(79)58-51-44-37-29-25-24-27-34-41-48-55-68(6)9-2)92-75(80)59-52-45-38-30-23-20-18-16-17-19-22-26-33-40-47-54-67(4)5/h67-72,77H,8-66H2,1-7H3,(H,82,83)(H,84,85)/t68?,69?,70-,71-,72-/m1/s1. The van der Waals surface area contributed by atoms with E-state index in [9.17, 15) is 43.2 Å². The van der Waals surface area contributed by atoms with E-state index in [2.05, 4.69) is 48.5 Å². The Balaban J connectivity index is 5.26. The Labute approximate surface area is 581 Å². The normalized spacial score (nSPS) is 14.6. The van der Waals surface area contributed by atoms with Crippen LogP contribution in [0.5, 0.6) is 0 Å². The molecule has 0 aliphatic carbocycles. The molecule has 95 heavy (non-hydrogen) atoms. The molecule has 0 saturated carbocycles. The predicted octanol–water partition coefficient (Wildman–Crippen LogP) is 22.2. The number of hydrogen-bond acceptors (Lipinski definition) is 15. The first kappa shape index (κ1) is 93.1. The number of carbonyl (C=O) groups excluding carboxylic acids is 4. The summed E-state index contributed by atoms with van der Waals surface area (Å²) in [5.74, 6) is 0.264. The number of rotatable bonds is 74. The molecular formula is C76H148O17P2. The Kier molecular flexibility index (Phi) is 65.2. The van der Waals surface area contributed by atoms with Gasteiger partial charge in [0, 0.05) is 25.7 Å². The molecule has 0 rings (SSSR count). The molecule has 0 fully saturated rings. The Bertz CT molecular complexity index is 1860. The van der Waals surface area contributed by atoms with Crippen LogP contribution < -0.4 is 0 Å². The van der Waals surface area contributed by atoms with Gasteiger partial charge in [0.2, 0.25) is 0 Å². The van der Waals surface area contributed by atoms with Gasteiger partial charge >= 0.3 is 39.5 Å². The van der Waals surface area contributed by atoms with Gasteiger partial charge in [-0.3, -0.25) is 37.3 Å². The largest absolute Gasteiger partial charge is 0.472 e. The minimum absolute atomic E-state index is 0.105. The van der Waals surface area contributed by atoms with Crippen molar-refractivity contribution in [1.29, 1.82) is 0 Å². The number of phosphoric acid groups is 2. The second-order valence-electron chi connectivity index (χ2n) is 28.4. The van der Waals surface area contributed by atoms with E-state index in [1.165, 1.54) is 199 Å². The van der Waals surface area contributed by atoms with Crippen LogP contribution in [0.3, 0.4) is 0 Å². The molecule has 0 heterocycles. The summed E-state index contributed by atoms with van der Waals surface area (Å²) in [4.78, 5) is 72.8. The molecule has 0 amide bonds. The summed E-state index contributed by atoms with van der Waals surface area (Å²) < 4.78 is 68.5. The summed E-state index contributed by atoms with van der Waals surface area (Å²) in [5.41, 5.74) is 0. The number of aliphatic hydroxyl groups excluding tert-OH is 1. The van der Waals surface area contributed by atoms with Crippen LogP contribution in [-0.4, -0.2) is 96.7 Å². The third-order valence-electron chi connectivity index (χ3n) is 18.4. The van der Waals surface area contributed by atoms with E-state index >= 15 is 0 Å². The van der Waals surface area contributed by atoms with Gasteiger partial charge in [-0.1, -0.05) is 337 Å². The second-order valence-corrected chi connectivity index (χ2v) is 31.3. The molecule has 0 aromatic carbocycles. The Morgan fingerprint density at radius 2 is 0.537 bits per heavy atom. The molecule has 0 aliphatic rings. The van der Waals surface area contributed by atoms with Crippen molar-refractivity contribution in [3.63, 3.8) is 0 Å². The van der Waals surface area contributed by atoms with Crippen molar-refractivity contribution >= 4 is 39.5 Å². The third-order valence-corrected chi connectivity index (χ3v) is 20.3. The highest BCUT2D eigenvalue weighted by molar-refractivity contribution is 7.47. The Hall–Kier alpha value is -1.94. The molecule has 0 spiro atoms.